The number of hydrogen-bond acceptors (Lipinski definition) is 3. The monoisotopic (exact) mass is 345 g/mol. The van der Waals surface area contributed by atoms with Crippen molar-refractivity contribution in [2.45, 2.75) is 36.1 Å². The summed E-state index contributed by atoms with van der Waals surface area (Å²) in [4.78, 5) is 11.5. The van der Waals surface area contributed by atoms with E-state index in [1.807, 2.05) is 6.07 Å². The van der Waals surface area contributed by atoms with E-state index in [4.69, 9.17) is 0 Å². The summed E-state index contributed by atoms with van der Waals surface area (Å²) in [5.74, 6) is -0.656. The zero-order valence-electron chi connectivity index (χ0n) is 13.1. The molecule has 1 aliphatic carbocycles. The quantitative estimate of drug-likeness (QED) is 0.808. The summed E-state index contributed by atoms with van der Waals surface area (Å²) in [6.07, 6.45) is 2.38. The van der Waals surface area contributed by atoms with Crippen LogP contribution in [-0.4, -0.2) is 25.5 Å². The second-order valence-corrected chi connectivity index (χ2v) is 7.76. The van der Waals surface area contributed by atoms with Gasteiger partial charge in [0.1, 0.15) is 6.04 Å². The van der Waals surface area contributed by atoms with Crippen molar-refractivity contribution < 1.29 is 18.3 Å². The highest BCUT2D eigenvalue weighted by atomic mass is 32.2. The molecule has 126 valence electrons. The first kappa shape index (κ1) is 16.7. The van der Waals surface area contributed by atoms with Crippen LogP contribution in [0.5, 0.6) is 0 Å². The van der Waals surface area contributed by atoms with Crippen molar-refractivity contribution >= 4 is 16.0 Å². The van der Waals surface area contributed by atoms with Gasteiger partial charge >= 0.3 is 5.97 Å². The Balaban J connectivity index is 1.76. The summed E-state index contributed by atoms with van der Waals surface area (Å²) in [6.45, 7) is 0. The van der Waals surface area contributed by atoms with Gasteiger partial charge in [-0.1, -0.05) is 42.5 Å². The van der Waals surface area contributed by atoms with Gasteiger partial charge in [0, 0.05) is 0 Å². The van der Waals surface area contributed by atoms with Crippen LogP contribution in [0.4, 0.5) is 0 Å². The lowest BCUT2D eigenvalue weighted by atomic mass is 10.1. The fourth-order valence-corrected chi connectivity index (χ4v) is 3.81. The SMILES string of the molecule is O=C(O)[C@@H](Cc1ccccc1)NS(=O)(=O)c1ccc(C2CC2)cc1. The van der Waals surface area contributed by atoms with Crippen LogP contribution in [0, 0.1) is 0 Å². The first-order valence-corrected chi connectivity index (χ1v) is 9.33. The van der Waals surface area contributed by atoms with Gasteiger partial charge in [-0.25, -0.2) is 8.42 Å². The molecule has 2 N–H and O–H groups in total. The van der Waals surface area contributed by atoms with Crippen LogP contribution >= 0.6 is 0 Å². The Morgan fingerprint density at radius 3 is 2.25 bits per heavy atom. The maximum Gasteiger partial charge on any atom is 0.322 e. The van der Waals surface area contributed by atoms with Crippen molar-refractivity contribution in [1.29, 1.82) is 0 Å². The highest BCUT2D eigenvalue weighted by molar-refractivity contribution is 7.89. The molecule has 1 fully saturated rings. The van der Waals surface area contributed by atoms with Crippen LogP contribution in [-0.2, 0) is 21.2 Å². The third kappa shape index (κ3) is 4.01. The van der Waals surface area contributed by atoms with Gasteiger partial charge in [0.15, 0.2) is 0 Å². The van der Waals surface area contributed by atoms with E-state index in [0.717, 1.165) is 24.0 Å². The van der Waals surface area contributed by atoms with Gasteiger partial charge in [-0.15, -0.1) is 0 Å². The molecule has 0 saturated heterocycles. The van der Waals surface area contributed by atoms with Crippen LogP contribution in [0.15, 0.2) is 59.5 Å². The number of carboxylic acids is 1. The van der Waals surface area contributed by atoms with Gasteiger partial charge in [-0.2, -0.15) is 4.72 Å². The number of hydrogen-bond donors (Lipinski definition) is 2. The molecular weight excluding hydrogens is 326 g/mol. The summed E-state index contributed by atoms with van der Waals surface area (Å²) in [7, 11) is -3.88. The molecule has 2 aromatic carbocycles. The average molecular weight is 345 g/mol. The molecular formula is C18H19NO4S. The lowest BCUT2D eigenvalue weighted by Crippen LogP contribution is -2.42. The van der Waals surface area contributed by atoms with E-state index < -0.39 is 22.0 Å². The van der Waals surface area contributed by atoms with Gasteiger partial charge in [0.2, 0.25) is 10.0 Å². The van der Waals surface area contributed by atoms with E-state index in [1.165, 1.54) is 12.1 Å². The molecule has 3 rings (SSSR count). The number of nitrogens with one attached hydrogen (secondary N) is 1. The zero-order valence-corrected chi connectivity index (χ0v) is 13.9. The molecule has 0 amide bonds. The molecule has 1 atom stereocenters. The van der Waals surface area contributed by atoms with E-state index >= 15 is 0 Å². The lowest BCUT2D eigenvalue weighted by molar-refractivity contribution is -0.138. The van der Waals surface area contributed by atoms with Gasteiger partial charge in [0.05, 0.1) is 4.90 Å². The Morgan fingerprint density at radius 2 is 1.71 bits per heavy atom. The van der Waals surface area contributed by atoms with Gasteiger partial charge < -0.3 is 5.11 Å². The van der Waals surface area contributed by atoms with Crippen molar-refractivity contribution in [1.82, 2.24) is 4.72 Å². The molecule has 24 heavy (non-hydrogen) atoms. The summed E-state index contributed by atoms with van der Waals surface area (Å²) in [6, 6.07) is 14.4. The molecule has 0 heterocycles. The Hall–Kier alpha value is -2.18. The van der Waals surface area contributed by atoms with Crippen LogP contribution in [0.3, 0.4) is 0 Å². The van der Waals surface area contributed by atoms with Crippen molar-refractivity contribution in [3.63, 3.8) is 0 Å². The second kappa shape index (κ2) is 6.75. The minimum atomic E-state index is -3.88. The van der Waals surface area contributed by atoms with E-state index in [0.29, 0.717) is 5.92 Å². The molecule has 0 radical (unpaired) electrons. The number of carbonyl (C=O) groups is 1. The van der Waals surface area contributed by atoms with Gasteiger partial charge in [-0.3, -0.25) is 4.79 Å². The Morgan fingerprint density at radius 1 is 1.08 bits per heavy atom. The first-order valence-electron chi connectivity index (χ1n) is 7.85. The van der Waals surface area contributed by atoms with E-state index in [-0.39, 0.29) is 11.3 Å². The Bertz CT molecular complexity index is 812. The molecule has 0 bridgehead atoms. The molecule has 0 aromatic heterocycles. The van der Waals surface area contributed by atoms with Crippen LogP contribution < -0.4 is 4.72 Å². The molecule has 5 nitrogen and oxygen atoms in total. The van der Waals surface area contributed by atoms with E-state index in [9.17, 15) is 18.3 Å². The van der Waals surface area contributed by atoms with Crippen LogP contribution in [0.1, 0.15) is 29.9 Å². The summed E-state index contributed by atoms with van der Waals surface area (Å²) < 4.78 is 27.2. The average Bonchev–Trinajstić information content (AvgIpc) is 3.40. The predicted octanol–water partition coefficient (Wildman–Crippen LogP) is 2.54. The molecule has 1 saturated carbocycles. The smallest absolute Gasteiger partial charge is 0.322 e. The molecule has 6 heteroatoms. The zero-order chi connectivity index (χ0) is 17.2. The van der Waals surface area contributed by atoms with Gasteiger partial charge in [0.25, 0.3) is 0 Å². The van der Waals surface area contributed by atoms with Gasteiger partial charge in [-0.05, 0) is 48.4 Å². The Kier molecular flexibility index (Phi) is 4.69. The predicted molar refractivity (Wildman–Crippen MR) is 90.3 cm³/mol. The molecule has 0 spiro atoms. The highest BCUT2D eigenvalue weighted by Gasteiger charge is 2.27. The molecule has 0 aliphatic heterocycles. The normalized spacial score (nSPS) is 15.8. The van der Waals surface area contributed by atoms with E-state index in [1.54, 1.807) is 36.4 Å². The summed E-state index contributed by atoms with van der Waals surface area (Å²) in [5.41, 5.74) is 1.89. The number of carboxylic acid groups (broad SMARTS) is 1. The second-order valence-electron chi connectivity index (χ2n) is 6.05. The molecule has 1 aliphatic rings. The Labute approximate surface area is 141 Å². The fourth-order valence-electron chi connectivity index (χ4n) is 2.62. The number of rotatable bonds is 7. The summed E-state index contributed by atoms with van der Waals surface area (Å²) >= 11 is 0. The third-order valence-electron chi connectivity index (χ3n) is 4.12. The molecule has 0 unspecified atom stereocenters. The largest absolute Gasteiger partial charge is 0.480 e. The van der Waals surface area contributed by atoms with E-state index in [2.05, 4.69) is 4.72 Å². The topological polar surface area (TPSA) is 83.5 Å². The van der Waals surface area contributed by atoms with Crippen molar-refractivity contribution in [3.05, 3.63) is 65.7 Å². The maximum atomic E-state index is 12.5. The third-order valence-corrected chi connectivity index (χ3v) is 5.60. The van der Waals surface area contributed by atoms with Crippen LogP contribution in [0.25, 0.3) is 0 Å². The lowest BCUT2D eigenvalue weighted by Gasteiger charge is -2.15. The summed E-state index contributed by atoms with van der Waals surface area (Å²) in [5, 5.41) is 9.34. The van der Waals surface area contributed by atoms with Crippen molar-refractivity contribution in [2.24, 2.45) is 0 Å². The minimum absolute atomic E-state index is 0.0891. The number of sulfonamides is 1. The van der Waals surface area contributed by atoms with Crippen LogP contribution in [0.2, 0.25) is 0 Å². The number of aliphatic carboxylic acids is 1. The fraction of sp³-hybridized carbons (Fsp3) is 0.278. The highest BCUT2D eigenvalue weighted by Crippen LogP contribution is 2.40. The molecule has 2 aromatic rings. The number of benzene rings is 2. The minimum Gasteiger partial charge on any atom is -0.480 e. The van der Waals surface area contributed by atoms with Crippen molar-refractivity contribution in [3.8, 4) is 0 Å². The standard InChI is InChI=1S/C18H19NO4S/c20-18(21)17(12-13-4-2-1-3-5-13)19-24(22,23)16-10-8-15(9-11-16)14-6-7-14/h1-5,8-11,14,17,19H,6-7,12H2,(H,20,21)/t17-/m1/s1. The maximum absolute atomic E-state index is 12.5. The first-order chi connectivity index (χ1) is 11.5. The van der Waals surface area contributed by atoms with Crippen molar-refractivity contribution in [2.75, 3.05) is 0 Å².